The predicted molar refractivity (Wildman–Crippen MR) is 57.5 cm³/mol. The summed E-state index contributed by atoms with van der Waals surface area (Å²) in [5, 5.41) is 17.9. The first kappa shape index (κ1) is 12.9. The van der Waals surface area contributed by atoms with Crippen LogP contribution in [0.1, 0.15) is 16.9 Å². The van der Waals surface area contributed by atoms with E-state index in [-0.39, 0.29) is 5.01 Å². The van der Waals surface area contributed by atoms with E-state index in [2.05, 4.69) is 9.97 Å². The molecule has 8 heteroatoms. The maximum atomic E-state index is 12.6. The maximum Gasteiger partial charge on any atom is 0.434 e. The zero-order valence-corrected chi connectivity index (χ0v) is 9.53. The lowest BCUT2D eigenvalue weighted by Crippen LogP contribution is -2.10. The zero-order chi connectivity index (χ0) is 13.3. The molecule has 2 aromatic heterocycles. The summed E-state index contributed by atoms with van der Waals surface area (Å²) in [7, 11) is 0. The fourth-order valence-corrected chi connectivity index (χ4v) is 2.27. The van der Waals surface area contributed by atoms with E-state index in [0.29, 0.717) is 16.9 Å². The van der Waals surface area contributed by atoms with Crippen molar-refractivity contribution < 1.29 is 23.4 Å². The Labute approximate surface area is 103 Å². The van der Waals surface area contributed by atoms with E-state index in [1.165, 1.54) is 12.4 Å². The molecule has 2 heterocycles. The summed E-state index contributed by atoms with van der Waals surface area (Å²) in [6, 6.07) is 3.10. The molecule has 0 unspecified atom stereocenters. The number of nitrogens with zero attached hydrogens (tertiary/aromatic N) is 2. The Morgan fingerprint density at radius 1 is 1.28 bits per heavy atom. The van der Waals surface area contributed by atoms with E-state index in [9.17, 15) is 13.2 Å². The number of aliphatic hydroxyl groups excluding tert-OH is 1. The SMILES string of the molecule is OC(O)c1sc(-c2cccnc2)nc1C(F)(F)F. The number of thiazole rings is 1. The standard InChI is InChI=1S/C10H7F3N2O2S/c11-10(12,13)7-6(9(16)17)18-8(15-7)5-2-1-3-14-4-5/h1-4,9,16-17H. The Bertz CT molecular complexity index is 540. The second kappa shape index (κ2) is 4.63. The molecule has 0 fully saturated rings. The minimum absolute atomic E-state index is 0.0403. The van der Waals surface area contributed by atoms with Crippen LogP contribution >= 0.6 is 11.3 Å². The number of alkyl halides is 3. The molecule has 0 radical (unpaired) electrons. The minimum Gasteiger partial charge on any atom is -0.364 e. The van der Waals surface area contributed by atoms with E-state index in [1.807, 2.05) is 0 Å². The van der Waals surface area contributed by atoms with Gasteiger partial charge in [0.2, 0.25) is 0 Å². The van der Waals surface area contributed by atoms with Crippen LogP contribution in [0.25, 0.3) is 10.6 Å². The molecular weight excluding hydrogens is 269 g/mol. The van der Waals surface area contributed by atoms with Gasteiger partial charge in [0.05, 0.1) is 4.88 Å². The van der Waals surface area contributed by atoms with Crippen molar-refractivity contribution in [2.75, 3.05) is 0 Å². The molecule has 96 valence electrons. The van der Waals surface area contributed by atoms with E-state index >= 15 is 0 Å². The van der Waals surface area contributed by atoms with Gasteiger partial charge < -0.3 is 10.2 Å². The topological polar surface area (TPSA) is 66.2 Å². The van der Waals surface area contributed by atoms with Crippen molar-refractivity contribution in [3.8, 4) is 10.6 Å². The highest BCUT2D eigenvalue weighted by Crippen LogP contribution is 2.39. The van der Waals surface area contributed by atoms with Gasteiger partial charge in [-0.25, -0.2) is 4.98 Å². The van der Waals surface area contributed by atoms with Crippen LogP contribution in [-0.2, 0) is 6.18 Å². The van der Waals surface area contributed by atoms with Crippen molar-refractivity contribution in [1.29, 1.82) is 0 Å². The van der Waals surface area contributed by atoms with Crippen LogP contribution in [0.15, 0.2) is 24.5 Å². The van der Waals surface area contributed by atoms with Gasteiger partial charge in [-0.15, -0.1) is 11.3 Å². The number of rotatable bonds is 2. The minimum atomic E-state index is -4.73. The summed E-state index contributed by atoms with van der Waals surface area (Å²) in [6.07, 6.45) is -4.10. The molecule has 0 saturated heterocycles. The van der Waals surface area contributed by atoms with Gasteiger partial charge in [-0.1, -0.05) is 0 Å². The molecule has 0 aliphatic carbocycles. The third kappa shape index (κ3) is 2.50. The van der Waals surface area contributed by atoms with Gasteiger partial charge in [0.15, 0.2) is 12.0 Å². The number of hydrogen-bond donors (Lipinski definition) is 2. The van der Waals surface area contributed by atoms with Gasteiger partial charge in [0.1, 0.15) is 5.01 Å². The number of pyridine rings is 1. The van der Waals surface area contributed by atoms with Crippen LogP contribution in [0.2, 0.25) is 0 Å². The first-order valence-corrected chi connectivity index (χ1v) is 5.55. The van der Waals surface area contributed by atoms with Gasteiger partial charge in [0, 0.05) is 18.0 Å². The molecule has 0 saturated carbocycles. The van der Waals surface area contributed by atoms with Crippen molar-refractivity contribution >= 4 is 11.3 Å². The lowest BCUT2D eigenvalue weighted by molar-refractivity contribution is -0.145. The van der Waals surface area contributed by atoms with Crippen LogP contribution in [0.3, 0.4) is 0 Å². The van der Waals surface area contributed by atoms with Gasteiger partial charge in [0.25, 0.3) is 0 Å². The molecule has 2 N–H and O–H groups in total. The summed E-state index contributed by atoms with van der Waals surface area (Å²) in [5.74, 6) is 0. The van der Waals surface area contributed by atoms with E-state index in [1.54, 1.807) is 12.1 Å². The number of hydrogen-bond acceptors (Lipinski definition) is 5. The molecule has 0 aliphatic rings. The van der Waals surface area contributed by atoms with Crippen LogP contribution in [0.5, 0.6) is 0 Å². The largest absolute Gasteiger partial charge is 0.434 e. The molecule has 2 aromatic rings. The van der Waals surface area contributed by atoms with Gasteiger partial charge >= 0.3 is 6.18 Å². The van der Waals surface area contributed by atoms with Crippen molar-refractivity contribution in [2.24, 2.45) is 0 Å². The normalized spacial score (nSPS) is 12.1. The number of halogens is 3. The molecule has 18 heavy (non-hydrogen) atoms. The van der Waals surface area contributed by atoms with Gasteiger partial charge in [-0.3, -0.25) is 4.98 Å². The highest BCUT2D eigenvalue weighted by Gasteiger charge is 2.39. The van der Waals surface area contributed by atoms with Crippen LogP contribution in [0, 0.1) is 0 Å². The third-order valence-electron chi connectivity index (χ3n) is 2.06. The summed E-state index contributed by atoms with van der Waals surface area (Å²) in [6.45, 7) is 0. The van der Waals surface area contributed by atoms with Crippen molar-refractivity contribution in [3.05, 3.63) is 35.1 Å². The Balaban J connectivity index is 2.53. The Morgan fingerprint density at radius 2 is 2.00 bits per heavy atom. The van der Waals surface area contributed by atoms with E-state index in [4.69, 9.17) is 10.2 Å². The molecule has 0 aromatic carbocycles. The average Bonchev–Trinajstić information content (AvgIpc) is 2.74. The average molecular weight is 276 g/mol. The summed E-state index contributed by atoms with van der Waals surface area (Å²) in [5.41, 5.74) is -0.888. The van der Waals surface area contributed by atoms with Crippen LogP contribution < -0.4 is 0 Å². The molecule has 4 nitrogen and oxygen atoms in total. The summed E-state index contributed by atoms with van der Waals surface area (Å²) >= 11 is 0.576. The Kier molecular flexibility index (Phi) is 3.33. The van der Waals surface area contributed by atoms with Gasteiger partial charge in [-0.05, 0) is 12.1 Å². The summed E-state index contributed by atoms with van der Waals surface area (Å²) < 4.78 is 37.9. The fourth-order valence-electron chi connectivity index (χ4n) is 1.32. The molecule has 0 bridgehead atoms. The highest BCUT2D eigenvalue weighted by atomic mass is 32.1. The predicted octanol–water partition coefficient (Wildman–Crippen LogP) is 2.21. The zero-order valence-electron chi connectivity index (χ0n) is 8.72. The molecule has 2 rings (SSSR count). The van der Waals surface area contributed by atoms with Crippen LogP contribution in [0.4, 0.5) is 13.2 Å². The van der Waals surface area contributed by atoms with E-state index in [0.717, 1.165) is 0 Å². The summed E-state index contributed by atoms with van der Waals surface area (Å²) in [4.78, 5) is 6.55. The molecule has 0 amide bonds. The third-order valence-corrected chi connectivity index (χ3v) is 3.21. The lowest BCUT2D eigenvalue weighted by Gasteiger charge is -2.06. The lowest BCUT2D eigenvalue weighted by atomic mass is 10.3. The molecule has 0 aliphatic heterocycles. The Morgan fingerprint density at radius 3 is 2.44 bits per heavy atom. The molecule has 0 atom stereocenters. The van der Waals surface area contributed by atoms with Crippen molar-refractivity contribution in [3.63, 3.8) is 0 Å². The molecule has 0 spiro atoms. The second-order valence-electron chi connectivity index (χ2n) is 3.35. The van der Waals surface area contributed by atoms with E-state index < -0.39 is 23.0 Å². The van der Waals surface area contributed by atoms with Crippen molar-refractivity contribution in [1.82, 2.24) is 9.97 Å². The van der Waals surface area contributed by atoms with Gasteiger partial charge in [-0.2, -0.15) is 13.2 Å². The second-order valence-corrected chi connectivity index (χ2v) is 4.38. The van der Waals surface area contributed by atoms with Crippen molar-refractivity contribution in [2.45, 2.75) is 12.5 Å². The molecular formula is C10H7F3N2O2S. The Hall–Kier alpha value is -1.51. The van der Waals surface area contributed by atoms with Crippen LogP contribution in [-0.4, -0.2) is 20.2 Å². The quantitative estimate of drug-likeness (QED) is 0.825. The monoisotopic (exact) mass is 276 g/mol. The smallest absolute Gasteiger partial charge is 0.364 e. The number of aromatic nitrogens is 2. The highest BCUT2D eigenvalue weighted by molar-refractivity contribution is 7.15. The first-order chi connectivity index (χ1) is 8.39. The maximum absolute atomic E-state index is 12.6. The fraction of sp³-hybridized carbons (Fsp3) is 0.200. The first-order valence-electron chi connectivity index (χ1n) is 4.74. The number of aliphatic hydroxyl groups is 2.